The molecule has 0 aromatic rings. The van der Waals surface area contributed by atoms with Gasteiger partial charge in [0.2, 0.25) is 0 Å². The minimum absolute atomic E-state index is 0.0251. The monoisotopic (exact) mass is 415 g/mol. The average Bonchev–Trinajstić information content (AvgIpc) is 3.28. The van der Waals surface area contributed by atoms with E-state index in [0.717, 1.165) is 57.4 Å². The van der Waals surface area contributed by atoms with Crippen molar-refractivity contribution in [1.82, 2.24) is 4.90 Å². The highest BCUT2D eigenvalue weighted by Crippen LogP contribution is 2.70. The molecule has 0 aromatic heterocycles. The van der Waals surface area contributed by atoms with Gasteiger partial charge in [-0.05, 0) is 62.6 Å². The zero-order valence-corrected chi connectivity index (χ0v) is 19.3. The van der Waals surface area contributed by atoms with Crippen LogP contribution in [0, 0.1) is 22.7 Å². The molecule has 0 radical (unpaired) electrons. The van der Waals surface area contributed by atoms with Gasteiger partial charge in [-0.15, -0.1) is 0 Å². The van der Waals surface area contributed by atoms with Crippen LogP contribution < -0.4 is 0 Å². The van der Waals surface area contributed by atoms with Gasteiger partial charge >= 0.3 is 5.97 Å². The molecule has 2 bridgehead atoms. The van der Waals surface area contributed by atoms with Crippen molar-refractivity contribution in [2.75, 3.05) is 41.0 Å². The van der Waals surface area contributed by atoms with Gasteiger partial charge in [-0.25, -0.2) is 4.79 Å². The number of hydrogen-bond acceptors (Lipinski definition) is 5. The summed E-state index contributed by atoms with van der Waals surface area (Å²) >= 11 is 0. The maximum atomic E-state index is 12.8. The van der Waals surface area contributed by atoms with E-state index < -0.39 is 5.79 Å². The molecular weight excluding hydrogens is 378 g/mol. The first kappa shape index (κ1) is 20.7. The van der Waals surface area contributed by atoms with Crippen molar-refractivity contribution < 1.29 is 19.0 Å². The van der Waals surface area contributed by atoms with Gasteiger partial charge in [0, 0.05) is 48.9 Å². The van der Waals surface area contributed by atoms with Crippen LogP contribution in [-0.2, 0) is 19.0 Å². The summed E-state index contributed by atoms with van der Waals surface area (Å²) in [5.74, 6) is 0.296. The molecule has 3 aliphatic carbocycles. The van der Waals surface area contributed by atoms with Gasteiger partial charge in [-0.2, -0.15) is 0 Å². The van der Waals surface area contributed by atoms with Crippen molar-refractivity contribution in [1.29, 1.82) is 0 Å². The Morgan fingerprint density at radius 3 is 2.63 bits per heavy atom. The molecule has 166 valence electrons. The SMILES string of the molecule is COC(=O)C1=C2CCC3=C2[C@@]2(C1)CN(C)C[C@@H](CC3)[C@]21CC[C@](OC)(C(C)C)OC1. The lowest BCUT2D eigenvalue weighted by molar-refractivity contribution is -0.311. The second kappa shape index (κ2) is 6.91. The first-order valence-corrected chi connectivity index (χ1v) is 11.7. The van der Waals surface area contributed by atoms with Crippen LogP contribution in [0.5, 0.6) is 0 Å². The van der Waals surface area contributed by atoms with Crippen LogP contribution in [0.1, 0.15) is 58.8 Å². The van der Waals surface area contributed by atoms with E-state index in [9.17, 15) is 4.79 Å². The fourth-order valence-corrected chi connectivity index (χ4v) is 7.98. The van der Waals surface area contributed by atoms with Gasteiger partial charge in [0.15, 0.2) is 5.79 Å². The Balaban J connectivity index is 1.63. The summed E-state index contributed by atoms with van der Waals surface area (Å²) in [4.78, 5) is 15.3. The molecule has 5 aliphatic rings. The molecule has 2 spiro atoms. The number of carbonyl (C=O) groups excluding carboxylic acids is 1. The topological polar surface area (TPSA) is 48.0 Å². The first-order valence-electron chi connectivity index (χ1n) is 11.7. The molecule has 5 nitrogen and oxygen atoms in total. The van der Waals surface area contributed by atoms with Crippen molar-refractivity contribution in [3.05, 3.63) is 22.3 Å². The Kier molecular flexibility index (Phi) is 4.77. The lowest BCUT2D eigenvalue weighted by atomic mass is 9.49. The minimum atomic E-state index is -0.485. The fraction of sp³-hybridized carbons (Fsp3) is 0.800. The standard InChI is InChI=1S/C25H37NO4/c1-16(2)25(29-5)11-10-23(15-30-25)18-8-6-17-7-9-19-20(22(27)28-4)12-24(23,21(17)19)14-26(3)13-18/h16,18H,6-15H2,1-5H3/t18-,23-,24-,25-/m1/s1. The highest BCUT2D eigenvalue weighted by molar-refractivity contribution is 5.92. The molecule has 2 fully saturated rings. The van der Waals surface area contributed by atoms with Gasteiger partial charge in [0.1, 0.15) is 0 Å². The van der Waals surface area contributed by atoms with Crippen LogP contribution in [0.4, 0.5) is 0 Å². The highest BCUT2D eigenvalue weighted by atomic mass is 16.7. The zero-order valence-electron chi connectivity index (χ0n) is 19.3. The molecular formula is C25H37NO4. The number of rotatable bonds is 3. The molecule has 0 saturated carbocycles. The molecule has 0 N–H and O–H groups in total. The predicted octanol–water partition coefficient (Wildman–Crippen LogP) is 4.09. The highest BCUT2D eigenvalue weighted by Gasteiger charge is 2.67. The maximum Gasteiger partial charge on any atom is 0.334 e. The van der Waals surface area contributed by atoms with Crippen molar-refractivity contribution in [2.24, 2.45) is 22.7 Å². The van der Waals surface area contributed by atoms with Gasteiger partial charge in [-0.3, -0.25) is 0 Å². The number of carbonyl (C=O) groups is 1. The third kappa shape index (κ3) is 2.49. The molecule has 30 heavy (non-hydrogen) atoms. The van der Waals surface area contributed by atoms with Gasteiger partial charge in [-0.1, -0.05) is 19.4 Å². The second-order valence-corrected chi connectivity index (χ2v) is 10.7. The van der Waals surface area contributed by atoms with E-state index in [1.165, 1.54) is 31.1 Å². The van der Waals surface area contributed by atoms with Crippen LogP contribution in [0.2, 0.25) is 0 Å². The number of esters is 1. The number of methoxy groups -OCH3 is 2. The van der Waals surface area contributed by atoms with Crippen LogP contribution in [-0.4, -0.2) is 57.6 Å². The van der Waals surface area contributed by atoms with Crippen LogP contribution in [0.25, 0.3) is 0 Å². The lowest BCUT2D eigenvalue weighted by Gasteiger charge is -2.62. The molecule has 0 unspecified atom stereocenters. The number of nitrogens with zero attached hydrogens (tertiary/aromatic N) is 1. The Bertz CT molecular complexity index is 817. The molecule has 2 aliphatic heterocycles. The molecule has 4 atom stereocenters. The summed E-state index contributed by atoms with van der Waals surface area (Å²) in [6, 6.07) is 0. The minimum Gasteiger partial charge on any atom is -0.466 e. The first-order chi connectivity index (χ1) is 14.3. The fourth-order valence-electron chi connectivity index (χ4n) is 7.98. The maximum absolute atomic E-state index is 12.8. The second-order valence-electron chi connectivity index (χ2n) is 10.7. The number of hydrogen-bond donors (Lipinski definition) is 0. The summed E-state index contributed by atoms with van der Waals surface area (Å²) in [5, 5.41) is 0. The Labute approximate surface area is 180 Å². The summed E-state index contributed by atoms with van der Waals surface area (Å²) < 4.78 is 17.9. The molecule has 0 amide bonds. The molecule has 0 aromatic carbocycles. The zero-order chi connectivity index (χ0) is 21.3. The number of ether oxygens (including phenoxy) is 3. The number of piperidine rings is 1. The van der Waals surface area contributed by atoms with E-state index in [-0.39, 0.29) is 16.8 Å². The summed E-state index contributed by atoms with van der Waals surface area (Å²) in [7, 11) is 5.58. The molecule has 2 heterocycles. The van der Waals surface area contributed by atoms with Gasteiger partial charge < -0.3 is 19.1 Å². The number of allylic oxidation sites excluding steroid dienone is 2. The van der Waals surface area contributed by atoms with Crippen LogP contribution in [0.15, 0.2) is 22.3 Å². The van der Waals surface area contributed by atoms with Crippen molar-refractivity contribution >= 4 is 5.97 Å². The Morgan fingerprint density at radius 2 is 2.00 bits per heavy atom. The van der Waals surface area contributed by atoms with E-state index in [1.807, 2.05) is 0 Å². The lowest BCUT2D eigenvalue weighted by Crippen LogP contribution is -2.64. The third-order valence-corrected chi connectivity index (χ3v) is 9.41. The van der Waals surface area contributed by atoms with Crippen molar-refractivity contribution in [3.8, 4) is 0 Å². The molecule has 2 saturated heterocycles. The van der Waals surface area contributed by atoms with Gasteiger partial charge in [0.25, 0.3) is 0 Å². The van der Waals surface area contributed by atoms with Crippen molar-refractivity contribution in [3.63, 3.8) is 0 Å². The van der Waals surface area contributed by atoms with E-state index in [4.69, 9.17) is 14.2 Å². The normalized spacial score (nSPS) is 40.9. The molecule has 5 rings (SSSR count). The summed E-state index contributed by atoms with van der Waals surface area (Å²) in [6.45, 7) is 7.26. The van der Waals surface area contributed by atoms with E-state index in [0.29, 0.717) is 11.8 Å². The summed E-state index contributed by atoms with van der Waals surface area (Å²) in [6.07, 6.45) is 7.39. The van der Waals surface area contributed by atoms with Gasteiger partial charge in [0.05, 0.1) is 13.7 Å². The Morgan fingerprint density at radius 1 is 1.20 bits per heavy atom. The third-order valence-electron chi connectivity index (χ3n) is 9.41. The quantitative estimate of drug-likeness (QED) is 0.650. The van der Waals surface area contributed by atoms with E-state index in [2.05, 4.69) is 25.8 Å². The predicted molar refractivity (Wildman–Crippen MR) is 115 cm³/mol. The largest absolute Gasteiger partial charge is 0.466 e. The smallest absolute Gasteiger partial charge is 0.334 e. The average molecular weight is 416 g/mol. The van der Waals surface area contributed by atoms with Crippen LogP contribution in [0.3, 0.4) is 0 Å². The van der Waals surface area contributed by atoms with E-state index >= 15 is 0 Å². The van der Waals surface area contributed by atoms with Crippen molar-refractivity contribution in [2.45, 2.75) is 64.6 Å². The summed E-state index contributed by atoms with van der Waals surface area (Å²) in [5.41, 5.74) is 5.47. The Hall–Kier alpha value is -1.17. The van der Waals surface area contributed by atoms with E-state index in [1.54, 1.807) is 12.7 Å². The number of likely N-dealkylation sites (tertiary alicyclic amines) is 1. The molecule has 5 heteroatoms. The van der Waals surface area contributed by atoms with Crippen LogP contribution >= 0.6 is 0 Å².